The first-order valence-electron chi connectivity index (χ1n) is 6.14. The largest absolute Gasteiger partial charge is 0.369 e. The van der Waals surface area contributed by atoms with Crippen LogP contribution in [-0.4, -0.2) is 36.2 Å². The second-order valence-corrected chi connectivity index (χ2v) is 6.68. The molecule has 104 valence electrons. The summed E-state index contributed by atoms with van der Waals surface area (Å²) in [4.78, 5) is 15.2. The van der Waals surface area contributed by atoms with Crippen LogP contribution in [0.5, 0.6) is 0 Å². The standard InChI is InChI=1S/C12H17N3O3S/c1-9-4-5-10(12(13)16)8-15(9)19(17,18)11-3-2-6-14-7-11/h2-3,6-7,9-10H,4-5,8H2,1H3,(H2,13,16)/t9-,10+/m0/s1. The van der Waals surface area contributed by atoms with E-state index in [9.17, 15) is 13.2 Å². The van der Waals surface area contributed by atoms with E-state index in [-0.39, 0.29) is 17.5 Å². The van der Waals surface area contributed by atoms with Crippen molar-refractivity contribution >= 4 is 15.9 Å². The van der Waals surface area contributed by atoms with Crippen LogP contribution in [0.15, 0.2) is 29.4 Å². The fourth-order valence-corrected chi connectivity index (χ4v) is 3.95. The molecule has 0 saturated carbocycles. The van der Waals surface area contributed by atoms with Crippen LogP contribution >= 0.6 is 0 Å². The predicted molar refractivity (Wildman–Crippen MR) is 69.5 cm³/mol. The van der Waals surface area contributed by atoms with E-state index in [1.807, 2.05) is 6.92 Å². The van der Waals surface area contributed by atoms with Gasteiger partial charge in [-0.15, -0.1) is 0 Å². The van der Waals surface area contributed by atoms with Gasteiger partial charge < -0.3 is 5.73 Å². The number of hydrogen-bond donors (Lipinski definition) is 1. The van der Waals surface area contributed by atoms with E-state index in [0.717, 1.165) is 0 Å². The Bertz CT molecular complexity index is 559. The van der Waals surface area contributed by atoms with Crippen LogP contribution in [0.4, 0.5) is 0 Å². The van der Waals surface area contributed by atoms with Crippen LogP contribution in [0.1, 0.15) is 19.8 Å². The molecule has 0 unspecified atom stereocenters. The van der Waals surface area contributed by atoms with Gasteiger partial charge in [-0.1, -0.05) is 0 Å². The molecular formula is C12H17N3O3S. The zero-order valence-corrected chi connectivity index (χ0v) is 11.5. The molecule has 1 amide bonds. The summed E-state index contributed by atoms with van der Waals surface area (Å²) in [7, 11) is -3.61. The van der Waals surface area contributed by atoms with Crippen molar-refractivity contribution in [2.45, 2.75) is 30.7 Å². The number of carbonyl (C=O) groups is 1. The number of carbonyl (C=O) groups excluding carboxylic acids is 1. The van der Waals surface area contributed by atoms with E-state index >= 15 is 0 Å². The smallest absolute Gasteiger partial charge is 0.244 e. The van der Waals surface area contributed by atoms with Gasteiger partial charge in [0.05, 0.1) is 5.92 Å². The van der Waals surface area contributed by atoms with Crippen molar-refractivity contribution in [3.63, 3.8) is 0 Å². The molecule has 1 aliphatic heterocycles. The van der Waals surface area contributed by atoms with Crippen LogP contribution in [0, 0.1) is 5.92 Å². The average Bonchev–Trinajstić information content (AvgIpc) is 2.39. The lowest BCUT2D eigenvalue weighted by atomic mass is 9.95. The van der Waals surface area contributed by atoms with Gasteiger partial charge in [-0.05, 0) is 31.9 Å². The highest BCUT2D eigenvalue weighted by Gasteiger charge is 2.36. The first-order chi connectivity index (χ1) is 8.93. The Balaban J connectivity index is 2.31. The minimum atomic E-state index is -3.61. The van der Waals surface area contributed by atoms with Crippen molar-refractivity contribution in [2.24, 2.45) is 11.7 Å². The fraction of sp³-hybridized carbons (Fsp3) is 0.500. The molecule has 1 aliphatic rings. The maximum atomic E-state index is 12.5. The zero-order valence-electron chi connectivity index (χ0n) is 10.7. The lowest BCUT2D eigenvalue weighted by Gasteiger charge is -2.35. The molecule has 0 aliphatic carbocycles. The van der Waals surface area contributed by atoms with Crippen molar-refractivity contribution < 1.29 is 13.2 Å². The van der Waals surface area contributed by atoms with Crippen LogP contribution in [0.3, 0.4) is 0 Å². The lowest BCUT2D eigenvalue weighted by Crippen LogP contribution is -2.48. The molecule has 1 saturated heterocycles. The van der Waals surface area contributed by atoms with Gasteiger partial charge >= 0.3 is 0 Å². The molecule has 1 aromatic rings. The molecule has 19 heavy (non-hydrogen) atoms. The van der Waals surface area contributed by atoms with E-state index in [4.69, 9.17) is 5.73 Å². The number of hydrogen-bond acceptors (Lipinski definition) is 4. The van der Waals surface area contributed by atoms with Crippen LogP contribution < -0.4 is 5.73 Å². The first kappa shape index (κ1) is 14.0. The Morgan fingerprint density at radius 3 is 2.79 bits per heavy atom. The second kappa shape index (κ2) is 5.26. The number of rotatable bonds is 3. The van der Waals surface area contributed by atoms with Gasteiger partial charge in [-0.3, -0.25) is 9.78 Å². The Morgan fingerprint density at radius 1 is 1.47 bits per heavy atom. The number of primary amides is 1. The molecule has 2 N–H and O–H groups in total. The Labute approximate surface area is 112 Å². The summed E-state index contributed by atoms with van der Waals surface area (Å²) < 4.78 is 26.3. The highest BCUT2D eigenvalue weighted by Crippen LogP contribution is 2.27. The lowest BCUT2D eigenvalue weighted by molar-refractivity contribution is -0.123. The molecule has 0 spiro atoms. The Morgan fingerprint density at radius 2 is 2.21 bits per heavy atom. The summed E-state index contributed by atoms with van der Waals surface area (Å²) in [5.74, 6) is -0.860. The maximum Gasteiger partial charge on any atom is 0.244 e. The summed E-state index contributed by atoms with van der Waals surface area (Å²) in [5, 5.41) is 0. The molecule has 2 atom stereocenters. The molecule has 7 heteroatoms. The van der Waals surface area contributed by atoms with Crippen LogP contribution in [-0.2, 0) is 14.8 Å². The van der Waals surface area contributed by atoms with Crippen molar-refractivity contribution in [1.29, 1.82) is 0 Å². The molecular weight excluding hydrogens is 266 g/mol. The van der Waals surface area contributed by atoms with E-state index in [0.29, 0.717) is 12.8 Å². The topological polar surface area (TPSA) is 93.4 Å². The van der Waals surface area contributed by atoms with Gasteiger partial charge in [0.1, 0.15) is 4.90 Å². The minimum Gasteiger partial charge on any atom is -0.369 e. The Kier molecular flexibility index (Phi) is 3.86. The molecule has 1 aromatic heterocycles. The number of sulfonamides is 1. The summed E-state index contributed by atoms with van der Waals surface area (Å²) in [6, 6.07) is 2.94. The molecule has 6 nitrogen and oxygen atoms in total. The van der Waals surface area contributed by atoms with Crippen LogP contribution in [0.25, 0.3) is 0 Å². The van der Waals surface area contributed by atoms with Gasteiger partial charge in [0.25, 0.3) is 0 Å². The summed E-state index contributed by atoms with van der Waals surface area (Å²) >= 11 is 0. The van der Waals surface area contributed by atoms with Crippen molar-refractivity contribution in [2.75, 3.05) is 6.54 Å². The monoisotopic (exact) mass is 283 g/mol. The summed E-state index contributed by atoms with van der Waals surface area (Å²) in [6.45, 7) is 1.98. The second-order valence-electron chi connectivity index (χ2n) is 4.79. The van der Waals surface area contributed by atoms with E-state index in [1.165, 1.54) is 22.8 Å². The van der Waals surface area contributed by atoms with Crippen LogP contribution in [0.2, 0.25) is 0 Å². The average molecular weight is 283 g/mol. The highest BCUT2D eigenvalue weighted by atomic mass is 32.2. The van der Waals surface area contributed by atoms with Gasteiger partial charge in [0.2, 0.25) is 15.9 Å². The first-order valence-corrected chi connectivity index (χ1v) is 7.58. The maximum absolute atomic E-state index is 12.5. The van der Waals surface area contributed by atoms with Crippen molar-refractivity contribution in [3.8, 4) is 0 Å². The number of nitrogens with two attached hydrogens (primary N) is 1. The number of aromatic nitrogens is 1. The molecule has 0 aromatic carbocycles. The van der Waals surface area contributed by atoms with Crippen molar-refractivity contribution in [1.82, 2.24) is 9.29 Å². The minimum absolute atomic E-state index is 0.138. The highest BCUT2D eigenvalue weighted by molar-refractivity contribution is 7.89. The zero-order chi connectivity index (χ0) is 14.0. The molecule has 2 rings (SSSR count). The van der Waals surface area contributed by atoms with Gasteiger partial charge in [0.15, 0.2) is 0 Å². The molecule has 0 bridgehead atoms. The van der Waals surface area contributed by atoms with E-state index in [2.05, 4.69) is 4.98 Å². The normalized spacial score (nSPS) is 25.1. The number of nitrogens with zero attached hydrogens (tertiary/aromatic N) is 2. The SMILES string of the molecule is C[C@H]1CC[C@@H](C(N)=O)CN1S(=O)(=O)c1cccnc1. The van der Waals surface area contributed by atoms with Gasteiger partial charge in [-0.25, -0.2) is 8.42 Å². The predicted octanol–water partition coefficient (Wildman–Crippen LogP) is 0.356. The number of amides is 1. The molecule has 2 heterocycles. The number of piperidine rings is 1. The third-order valence-corrected chi connectivity index (χ3v) is 5.43. The number of pyridine rings is 1. The summed E-state index contributed by atoms with van der Waals surface area (Å²) in [6.07, 6.45) is 4.10. The fourth-order valence-electron chi connectivity index (χ4n) is 2.28. The quantitative estimate of drug-likeness (QED) is 0.866. The third kappa shape index (κ3) is 2.76. The molecule has 0 radical (unpaired) electrons. The van der Waals surface area contributed by atoms with Gasteiger partial charge in [0, 0.05) is 25.0 Å². The van der Waals surface area contributed by atoms with E-state index in [1.54, 1.807) is 6.07 Å². The van der Waals surface area contributed by atoms with Gasteiger partial charge in [-0.2, -0.15) is 4.31 Å². The molecule has 1 fully saturated rings. The summed E-state index contributed by atoms with van der Waals surface area (Å²) in [5.41, 5.74) is 5.28. The Hall–Kier alpha value is -1.47. The van der Waals surface area contributed by atoms with Crippen molar-refractivity contribution in [3.05, 3.63) is 24.5 Å². The third-order valence-electron chi connectivity index (χ3n) is 3.47. The van der Waals surface area contributed by atoms with E-state index < -0.39 is 21.8 Å².